The third-order valence-corrected chi connectivity index (χ3v) is 3.94. The van der Waals surface area contributed by atoms with Crippen molar-refractivity contribution in [3.8, 4) is 17.1 Å². The summed E-state index contributed by atoms with van der Waals surface area (Å²) >= 11 is 5.81. The molecule has 0 unspecified atom stereocenters. The molecule has 0 aliphatic rings. The Morgan fingerprint density at radius 3 is 2.54 bits per heavy atom. The van der Waals surface area contributed by atoms with E-state index in [9.17, 15) is 4.39 Å². The summed E-state index contributed by atoms with van der Waals surface area (Å²) in [5.41, 5.74) is 1.91. The van der Waals surface area contributed by atoms with Crippen molar-refractivity contribution >= 4 is 11.6 Å². The van der Waals surface area contributed by atoms with E-state index in [0.717, 1.165) is 29.2 Å². The van der Waals surface area contributed by atoms with Gasteiger partial charge in [-0.05, 0) is 48.0 Å². The summed E-state index contributed by atoms with van der Waals surface area (Å²) in [5.74, 6) is 1.87. The van der Waals surface area contributed by atoms with E-state index in [1.54, 1.807) is 19.2 Å². The molecule has 0 aliphatic heterocycles. The number of rotatable bonds is 6. The molecule has 5 heteroatoms. The van der Waals surface area contributed by atoms with Crippen LogP contribution in [0.15, 0.2) is 59.0 Å². The van der Waals surface area contributed by atoms with Gasteiger partial charge in [-0.3, -0.25) is 0 Å². The van der Waals surface area contributed by atoms with Gasteiger partial charge in [-0.2, -0.15) is 0 Å². The molecule has 2 aromatic carbocycles. The number of benzene rings is 2. The van der Waals surface area contributed by atoms with E-state index in [1.807, 2.05) is 36.4 Å². The van der Waals surface area contributed by atoms with Crippen molar-refractivity contribution in [2.45, 2.75) is 13.1 Å². The Hall–Kier alpha value is -2.30. The Kier molecular flexibility index (Phi) is 5.18. The van der Waals surface area contributed by atoms with Crippen LogP contribution in [-0.2, 0) is 13.1 Å². The second-order valence-electron chi connectivity index (χ2n) is 5.35. The fourth-order valence-electron chi connectivity index (χ4n) is 2.35. The highest BCUT2D eigenvalue weighted by Crippen LogP contribution is 2.26. The molecule has 0 aliphatic carbocycles. The van der Waals surface area contributed by atoms with Crippen molar-refractivity contribution in [1.82, 2.24) is 5.32 Å². The maximum atomic E-state index is 13.2. The zero-order chi connectivity index (χ0) is 16.9. The van der Waals surface area contributed by atoms with Gasteiger partial charge in [0.1, 0.15) is 23.1 Å². The Bertz CT molecular complexity index is 814. The summed E-state index contributed by atoms with van der Waals surface area (Å²) in [4.78, 5) is 0. The largest absolute Gasteiger partial charge is 0.497 e. The molecule has 3 rings (SSSR count). The van der Waals surface area contributed by atoms with E-state index < -0.39 is 5.82 Å². The minimum atomic E-state index is -0.437. The van der Waals surface area contributed by atoms with Gasteiger partial charge in [0.05, 0.1) is 18.7 Å². The summed E-state index contributed by atoms with van der Waals surface area (Å²) in [6.45, 7) is 1.32. The Labute approximate surface area is 145 Å². The molecule has 0 spiro atoms. The van der Waals surface area contributed by atoms with Gasteiger partial charge in [0.25, 0.3) is 0 Å². The Balaban J connectivity index is 1.58. The standard InChI is InChI=1S/C19H17ClFNO2/c1-23-15-5-2-13(3-6-15)11-22-12-16-7-9-19(24-16)14-4-8-18(21)17(20)10-14/h2-10,22H,11-12H2,1H3. The molecule has 0 amide bonds. The van der Waals surface area contributed by atoms with Crippen molar-refractivity contribution in [1.29, 1.82) is 0 Å². The van der Waals surface area contributed by atoms with Crippen LogP contribution in [0.2, 0.25) is 5.02 Å². The minimum absolute atomic E-state index is 0.0862. The maximum absolute atomic E-state index is 13.2. The number of nitrogens with one attached hydrogen (secondary N) is 1. The van der Waals surface area contributed by atoms with Crippen LogP contribution in [0, 0.1) is 5.82 Å². The Morgan fingerprint density at radius 1 is 1.04 bits per heavy atom. The summed E-state index contributed by atoms with van der Waals surface area (Å²) in [6.07, 6.45) is 0. The average Bonchev–Trinajstić information content (AvgIpc) is 3.07. The first-order chi connectivity index (χ1) is 11.7. The van der Waals surface area contributed by atoms with Crippen LogP contribution in [0.3, 0.4) is 0 Å². The molecule has 0 bridgehead atoms. The van der Waals surface area contributed by atoms with Crippen molar-refractivity contribution in [2.75, 3.05) is 7.11 Å². The smallest absolute Gasteiger partial charge is 0.141 e. The molecule has 3 aromatic rings. The fourth-order valence-corrected chi connectivity index (χ4v) is 2.53. The summed E-state index contributed by atoms with van der Waals surface area (Å²) in [6, 6.07) is 16.2. The van der Waals surface area contributed by atoms with E-state index in [-0.39, 0.29) is 5.02 Å². The van der Waals surface area contributed by atoms with Crippen LogP contribution in [0.25, 0.3) is 11.3 Å². The van der Waals surface area contributed by atoms with E-state index in [4.69, 9.17) is 20.8 Å². The van der Waals surface area contributed by atoms with Crippen molar-refractivity contribution in [2.24, 2.45) is 0 Å². The van der Waals surface area contributed by atoms with Crippen molar-refractivity contribution in [3.05, 3.63) is 76.8 Å². The van der Waals surface area contributed by atoms with Gasteiger partial charge in [-0.25, -0.2) is 4.39 Å². The normalized spacial score (nSPS) is 10.8. The topological polar surface area (TPSA) is 34.4 Å². The highest BCUT2D eigenvalue weighted by molar-refractivity contribution is 6.31. The van der Waals surface area contributed by atoms with Crippen LogP contribution in [0.5, 0.6) is 5.75 Å². The zero-order valence-electron chi connectivity index (χ0n) is 13.2. The molecule has 0 radical (unpaired) electrons. The molecule has 124 valence electrons. The highest BCUT2D eigenvalue weighted by atomic mass is 35.5. The lowest BCUT2D eigenvalue weighted by molar-refractivity contribution is 0.414. The molecule has 0 saturated carbocycles. The third kappa shape index (κ3) is 3.96. The highest BCUT2D eigenvalue weighted by Gasteiger charge is 2.07. The molecular weight excluding hydrogens is 329 g/mol. The molecule has 1 heterocycles. The van der Waals surface area contributed by atoms with Gasteiger partial charge >= 0.3 is 0 Å². The van der Waals surface area contributed by atoms with E-state index in [0.29, 0.717) is 12.3 Å². The van der Waals surface area contributed by atoms with Crippen LogP contribution in [-0.4, -0.2) is 7.11 Å². The zero-order valence-corrected chi connectivity index (χ0v) is 13.9. The monoisotopic (exact) mass is 345 g/mol. The second kappa shape index (κ2) is 7.51. The lowest BCUT2D eigenvalue weighted by atomic mass is 10.2. The maximum Gasteiger partial charge on any atom is 0.141 e. The van der Waals surface area contributed by atoms with Gasteiger partial charge in [0, 0.05) is 12.1 Å². The van der Waals surface area contributed by atoms with Crippen molar-refractivity contribution < 1.29 is 13.5 Å². The van der Waals surface area contributed by atoms with Gasteiger partial charge in [0.15, 0.2) is 0 Å². The molecule has 3 nitrogen and oxygen atoms in total. The molecule has 1 aromatic heterocycles. The Morgan fingerprint density at radius 2 is 1.83 bits per heavy atom. The second-order valence-corrected chi connectivity index (χ2v) is 5.75. The molecule has 0 fully saturated rings. The van der Waals surface area contributed by atoms with Crippen LogP contribution in [0.1, 0.15) is 11.3 Å². The number of halogens is 2. The van der Waals surface area contributed by atoms with Crippen molar-refractivity contribution in [3.63, 3.8) is 0 Å². The quantitative estimate of drug-likeness (QED) is 0.679. The van der Waals surface area contributed by atoms with Gasteiger partial charge in [-0.15, -0.1) is 0 Å². The molecule has 24 heavy (non-hydrogen) atoms. The van der Waals surface area contributed by atoms with Gasteiger partial charge in [-0.1, -0.05) is 23.7 Å². The minimum Gasteiger partial charge on any atom is -0.497 e. The SMILES string of the molecule is COc1ccc(CNCc2ccc(-c3ccc(F)c(Cl)c3)o2)cc1. The molecule has 0 saturated heterocycles. The van der Waals surface area contributed by atoms with Crippen LogP contribution < -0.4 is 10.1 Å². The summed E-state index contributed by atoms with van der Waals surface area (Å²) in [7, 11) is 1.65. The molecule has 1 N–H and O–H groups in total. The fraction of sp³-hybridized carbons (Fsp3) is 0.158. The number of ether oxygens (including phenoxy) is 1. The first-order valence-corrected chi connectivity index (χ1v) is 7.91. The molecular formula is C19H17ClFNO2. The van der Waals surface area contributed by atoms with E-state index in [1.165, 1.54) is 6.07 Å². The summed E-state index contributed by atoms with van der Waals surface area (Å²) < 4.78 is 24.1. The first-order valence-electron chi connectivity index (χ1n) is 7.53. The van der Waals surface area contributed by atoms with E-state index >= 15 is 0 Å². The number of furan rings is 1. The van der Waals surface area contributed by atoms with Crippen LogP contribution >= 0.6 is 11.6 Å². The number of methoxy groups -OCH3 is 1. The predicted molar refractivity (Wildman–Crippen MR) is 92.6 cm³/mol. The predicted octanol–water partition coefficient (Wildman–Crippen LogP) is 5.04. The number of hydrogen-bond acceptors (Lipinski definition) is 3. The van der Waals surface area contributed by atoms with Crippen LogP contribution in [0.4, 0.5) is 4.39 Å². The lowest BCUT2D eigenvalue weighted by Crippen LogP contribution is -2.11. The lowest BCUT2D eigenvalue weighted by Gasteiger charge is -2.05. The summed E-state index contributed by atoms with van der Waals surface area (Å²) in [5, 5.41) is 3.41. The average molecular weight is 346 g/mol. The van der Waals surface area contributed by atoms with Gasteiger partial charge < -0.3 is 14.5 Å². The first kappa shape index (κ1) is 16.6. The third-order valence-electron chi connectivity index (χ3n) is 3.65. The van der Waals surface area contributed by atoms with E-state index in [2.05, 4.69) is 5.32 Å². The van der Waals surface area contributed by atoms with Gasteiger partial charge in [0.2, 0.25) is 0 Å². The molecule has 0 atom stereocenters. The number of hydrogen-bond donors (Lipinski definition) is 1.